The van der Waals surface area contributed by atoms with Crippen molar-refractivity contribution >= 4 is 17.5 Å². The fourth-order valence-corrected chi connectivity index (χ4v) is 2.26. The topological polar surface area (TPSA) is 56.7 Å². The van der Waals surface area contributed by atoms with Crippen molar-refractivity contribution in [1.29, 1.82) is 0 Å². The average Bonchev–Trinajstić information content (AvgIpc) is 3.12. The Labute approximate surface area is 117 Å². The zero-order chi connectivity index (χ0) is 14.5. The van der Waals surface area contributed by atoms with Crippen LogP contribution in [0.1, 0.15) is 30.1 Å². The van der Waals surface area contributed by atoms with Crippen molar-refractivity contribution < 1.29 is 13.2 Å². The predicted octanol–water partition coefficient (Wildman–Crippen LogP) is 3.40. The highest BCUT2D eigenvalue weighted by atomic mass is 35.5. The van der Waals surface area contributed by atoms with E-state index in [9.17, 15) is 13.2 Å². The van der Waals surface area contributed by atoms with Gasteiger partial charge in [0.25, 0.3) is 5.82 Å². The van der Waals surface area contributed by atoms with Crippen LogP contribution in [0.3, 0.4) is 0 Å². The van der Waals surface area contributed by atoms with Gasteiger partial charge in [0.15, 0.2) is 0 Å². The Morgan fingerprint density at radius 3 is 2.50 bits per heavy atom. The molecular weight excluding hydrogens is 293 g/mol. The van der Waals surface area contributed by atoms with E-state index in [4.69, 9.17) is 17.3 Å². The van der Waals surface area contributed by atoms with Crippen LogP contribution in [-0.2, 0) is 6.18 Å². The number of benzene rings is 1. The van der Waals surface area contributed by atoms with Crippen molar-refractivity contribution in [2.75, 3.05) is 5.73 Å². The van der Waals surface area contributed by atoms with Crippen LogP contribution in [0.4, 0.5) is 19.1 Å². The molecule has 0 atom stereocenters. The van der Waals surface area contributed by atoms with Gasteiger partial charge in [-0.2, -0.15) is 22.8 Å². The van der Waals surface area contributed by atoms with Crippen LogP contribution < -0.4 is 5.73 Å². The van der Waals surface area contributed by atoms with Crippen LogP contribution in [0.2, 0.25) is 5.02 Å². The number of rotatable bonds is 2. The SMILES string of the molecule is Nc1nc(C(F)(F)F)nn1-c1ccc(C2CC2)cc1Cl. The maximum Gasteiger partial charge on any atom is 0.453 e. The average molecular weight is 303 g/mol. The summed E-state index contributed by atoms with van der Waals surface area (Å²) in [5.74, 6) is -1.13. The summed E-state index contributed by atoms with van der Waals surface area (Å²) in [5.41, 5.74) is 6.85. The van der Waals surface area contributed by atoms with Crippen LogP contribution in [-0.4, -0.2) is 14.8 Å². The molecule has 1 fully saturated rings. The quantitative estimate of drug-likeness (QED) is 0.925. The molecule has 1 aliphatic carbocycles. The second kappa shape index (κ2) is 4.37. The van der Waals surface area contributed by atoms with Crippen molar-refractivity contribution in [3.05, 3.63) is 34.6 Å². The van der Waals surface area contributed by atoms with E-state index in [1.807, 2.05) is 6.07 Å². The fraction of sp³-hybridized carbons (Fsp3) is 0.333. The molecule has 0 aliphatic heterocycles. The molecule has 1 aromatic carbocycles. The van der Waals surface area contributed by atoms with E-state index in [1.165, 1.54) is 0 Å². The second-order valence-electron chi connectivity index (χ2n) is 4.69. The van der Waals surface area contributed by atoms with Gasteiger partial charge in [0.1, 0.15) is 0 Å². The van der Waals surface area contributed by atoms with E-state index < -0.39 is 12.0 Å². The van der Waals surface area contributed by atoms with Gasteiger partial charge >= 0.3 is 6.18 Å². The summed E-state index contributed by atoms with van der Waals surface area (Å²) < 4.78 is 38.6. The molecular formula is C12H10ClF3N4. The molecule has 0 unspecified atom stereocenters. The van der Waals surface area contributed by atoms with Crippen molar-refractivity contribution in [2.24, 2.45) is 0 Å². The Balaban J connectivity index is 2.02. The number of alkyl halides is 3. The standard InChI is InChI=1S/C12H10ClF3N4/c13-8-5-7(6-1-2-6)3-4-9(8)20-11(17)18-10(19-20)12(14,15)16/h3-6H,1-2H2,(H2,17,18,19). The van der Waals surface area contributed by atoms with E-state index in [0.717, 1.165) is 23.1 Å². The zero-order valence-corrected chi connectivity index (χ0v) is 10.9. The number of nitrogens with zero attached hydrogens (tertiary/aromatic N) is 3. The molecule has 0 spiro atoms. The molecule has 0 saturated heterocycles. The van der Waals surface area contributed by atoms with E-state index >= 15 is 0 Å². The smallest absolute Gasteiger partial charge is 0.368 e. The normalized spacial score (nSPS) is 15.6. The summed E-state index contributed by atoms with van der Waals surface area (Å²) in [6, 6.07) is 5.18. The van der Waals surface area contributed by atoms with E-state index in [0.29, 0.717) is 10.9 Å². The van der Waals surface area contributed by atoms with Gasteiger partial charge in [0, 0.05) is 0 Å². The first-order valence-corrected chi connectivity index (χ1v) is 6.33. The molecule has 4 nitrogen and oxygen atoms in total. The summed E-state index contributed by atoms with van der Waals surface area (Å²) in [6.07, 6.45) is -2.42. The van der Waals surface area contributed by atoms with Crippen LogP contribution in [0.15, 0.2) is 18.2 Å². The first kappa shape index (κ1) is 13.2. The highest BCUT2D eigenvalue weighted by molar-refractivity contribution is 6.32. The molecule has 0 bridgehead atoms. The largest absolute Gasteiger partial charge is 0.453 e. The highest BCUT2D eigenvalue weighted by Crippen LogP contribution is 2.41. The number of aromatic nitrogens is 3. The van der Waals surface area contributed by atoms with E-state index in [1.54, 1.807) is 12.1 Å². The minimum Gasteiger partial charge on any atom is -0.368 e. The van der Waals surface area contributed by atoms with Crippen LogP contribution >= 0.6 is 11.6 Å². The van der Waals surface area contributed by atoms with Crippen LogP contribution in [0, 0.1) is 0 Å². The van der Waals surface area contributed by atoms with Gasteiger partial charge < -0.3 is 5.73 Å². The lowest BCUT2D eigenvalue weighted by Gasteiger charge is -2.07. The minimum atomic E-state index is -4.64. The summed E-state index contributed by atoms with van der Waals surface area (Å²) in [7, 11) is 0. The van der Waals surface area contributed by atoms with Gasteiger partial charge in [-0.25, -0.2) is 0 Å². The second-order valence-corrected chi connectivity index (χ2v) is 5.10. The molecule has 1 aromatic heterocycles. The molecule has 2 N–H and O–H groups in total. The molecule has 1 aliphatic rings. The zero-order valence-electron chi connectivity index (χ0n) is 10.2. The van der Waals surface area contributed by atoms with Gasteiger partial charge in [0.05, 0.1) is 10.7 Å². The molecule has 2 aromatic rings. The van der Waals surface area contributed by atoms with E-state index in [-0.39, 0.29) is 11.6 Å². The van der Waals surface area contributed by atoms with Crippen molar-refractivity contribution in [1.82, 2.24) is 14.8 Å². The molecule has 1 saturated carbocycles. The predicted molar refractivity (Wildman–Crippen MR) is 67.8 cm³/mol. The molecule has 0 amide bonds. The number of anilines is 1. The van der Waals surface area contributed by atoms with Gasteiger partial charge in [-0.05, 0) is 36.5 Å². The third kappa shape index (κ3) is 2.33. The Bertz CT molecular complexity index is 661. The molecule has 1 heterocycles. The number of hydrogen-bond donors (Lipinski definition) is 1. The maximum absolute atomic E-state index is 12.5. The van der Waals surface area contributed by atoms with Gasteiger partial charge in [-0.15, -0.1) is 5.10 Å². The lowest BCUT2D eigenvalue weighted by atomic mass is 10.1. The van der Waals surface area contributed by atoms with Crippen molar-refractivity contribution in [3.63, 3.8) is 0 Å². The summed E-state index contributed by atoms with van der Waals surface area (Å²) in [4.78, 5) is 3.22. The van der Waals surface area contributed by atoms with E-state index in [2.05, 4.69) is 10.1 Å². The first-order valence-electron chi connectivity index (χ1n) is 5.96. The molecule has 0 radical (unpaired) electrons. The van der Waals surface area contributed by atoms with Crippen LogP contribution in [0.5, 0.6) is 0 Å². The minimum absolute atomic E-state index is 0.288. The number of nitrogen functional groups attached to an aromatic ring is 1. The van der Waals surface area contributed by atoms with Gasteiger partial charge in [0.2, 0.25) is 5.95 Å². The lowest BCUT2D eigenvalue weighted by Crippen LogP contribution is -2.08. The Kier molecular flexibility index (Phi) is 2.89. The van der Waals surface area contributed by atoms with Gasteiger partial charge in [-0.3, -0.25) is 0 Å². The monoisotopic (exact) mass is 302 g/mol. The molecule has 106 valence electrons. The van der Waals surface area contributed by atoms with Gasteiger partial charge in [-0.1, -0.05) is 17.7 Å². The molecule has 20 heavy (non-hydrogen) atoms. The van der Waals surface area contributed by atoms with Crippen LogP contribution in [0.25, 0.3) is 5.69 Å². The fourth-order valence-electron chi connectivity index (χ4n) is 1.99. The summed E-state index contributed by atoms with van der Waals surface area (Å²) in [5, 5.41) is 3.68. The number of hydrogen-bond acceptors (Lipinski definition) is 3. The highest BCUT2D eigenvalue weighted by Gasteiger charge is 2.37. The summed E-state index contributed by atoms with van der Waals surface area (Å²) in [6.45, 7) is 0. The first-order chi connectivity index (χ1) is 9.36. The summed E-state index contributed by atoms with van der Waals surface area (Å²) >= 11 is 6.11. The number of halogens is 4. The number of nitrogens with two attached hydrogens (primary N) is 1. The lowest BCUT2D eigenvalue weighted by molar-refractivity contribution is -0.144. The van der Waals surface area contributed by atoms with Crippen molar-refractivity contribution in [3.8, 4) is 5.69 Å². The van der Waals surface area contributed by atoms with Crippen molar-refractivity contribution in [2.45, 2.75) is 24.9 Å². The maximum atomic E-state index is 12.5. The third-order valence-corrected chi connectivity index (χ3v) is 3.44. The third-order valence-electron chi connectivity index (χ3n) is 3.13. The molecule has 3 rings (SSSR count). The Hall–Kier alpha value is -1.76. The Morgan fingerprint density at radius 2 is 2.00 bits per heavy atom. The Morgan fingerprint density at radius 1 is 1.30 bits per heavy atom. The molecule has 8 heteroatoms.